The lowest BCUT2D eigenvalue weighted by Crippen LogP contribution is -2.47. The van der Waals surface area contributed by atoms with E-state index in [2.05, 4.69) is 26.8 Å². The smallest absolute Gasteiger partial charge is 0.00853 e. The van der Waals surface area contributed by atoms with E-state index in [1.165, 1.54) is 32.1 Å². The van der Waals surface area contributed by atoms with Gasteiger partial charge >= 0.3 is 0 Å². The summed E-state index contributed by atoms with van der Waals surface area (Å²) in [6.45, 7) is 7.30. The number of hydrogen-bond donors (Lipinski definition) is 0. The Balaban J connectivity index is 1.50. The van der Waals surface area contributed by atoms with Gasteiger partial charge in [-0.1, -0.05) is 44.8 Å². The van der Waals surface area contributed by atoms with Crippen LogP contribution in [0.15, 0.2) is 11.6 Å². The second-order valence-corrected chi connectivity index (χ2v) is 9.71. The molecule has 0 radical (unpaired) electrons. The second-order valence-electron chi connectivity index (χ2n) is 9.71. The van der Waals surface area contributed by atoms with Gasteiger partial charge in [-0.3, -0.25) is 0 Å². The minimum atomic E-state index is 0.585. The zero-order valence-corrected chi connectivity index (χ0v) is 15.8. The summed E-state index contributed by atoms with van der Waals surface area (Å²) in [4.78, 5) is 0. The number of fused-ring (bicyclic) bond motifs is 5. The lowest BCUT2D eigenvalue weighted by Gasteiger charge is -2.55. The first kappa shape index (κ1) is 16.2. The molecule has 4 aliphatic rings. The Kier molecular flexibility index (Phi) is 4.39. The van der Waals surface area contributed by atoms with Gasteiger partial charge in [-0.15, -0.1) is 0 Å². The Labute approximate surface area is 144 Å². The van der Waals surface area contributed by atoms with Crippen molar-refractivity contribution in [3.63, 3.8) is 0 Å². The fourth-order valence-corrected chi connectivity index (χ4v) is 7.94. The van der Waals surface area contributed by atoms with Crippen LogP contribution in [0.25, 0.3) is 0 Å². The van der Waals surface area contributed by atoms with Crippen molar-refractivity contribution >= 4 is 0 Å². The summed E-state index contributed by atoms with van der Waals surface area (Å²) in [6, 6.07) is 0. The largest absolute Gasteiger partial charge is 0.0879 e. The van der Waals surface area contributed by atoms with Crippen molar-refractivity contribution in [1.29, 1.82) is 0 Å². The maximum atomic E-state index is 2.63. The summed E-state index contributed by atoms with van der Waals surface area (Å²) in [7, 11) is 0. The molecular formula is C23H38. The fourth-order valence-electron chi connectivity index (χ4n) is 7.94. The molecule has 0 heterocycles. The van der Waals surface area contributed by atoms with Gasteiger partial charge in [-0.2, -0.15) is 0 Å². The average Bonchev–Trinajstić information content (AvgIpc) is 2.91. The van der Waals surface area contributed by atoms with E-state index in [-0.39, 0.29) is 0 Å². The molecule has 0 bridgehead atoms. The molecule has 0 aliphatic heterocycles. The molecule has 7 unspecified atom stereocenters. The van der Waals surface area contributed by atoms with Crippen LogP contribution in [0, 0.1) is 40.9 Å². The lowest BCUT2D eigenvalue weighted by molar-refractivity contribution is -0.0489. The molecule has 0 heteroatoms. The molecule has 0 nitrogen and oxygen atoms in total. The third-order valence-corrected chi connectivity index (χ3v) is 8.96. The van der Waals surface area contributed by atoms with E-state index in [0.29, 0.717) is 5.41 Å². The highest BCUT2D eigenvalue weighted by molar-refractivity contribution is 5.23. The Morgan fingerprint density at radius 1 is 1.00 bits per heavy atom. The highest BCUT2D eigenvalue weighted by atomic mass is 14.6. The molecule has 0 saturated heterocycles. The Morgan fingerprint density at radius 2 is 1.83 bits per heavy atom. The monoisotopic (exact) mass is 314 g/mol. The van der Waals surface area contributed by atoms with Gasteiger partial charge < -0.3 is 0 Å². The number of hydrogen-bond acceptors (Lipinski definition) is 0. The maximum Gasteiger partial charge on any atom is -0.00853 e. The first-order valence-electron chi connectivity index (χ1n) is 10.8. The number of rotatable bonds is 2. The molecule has 4 rings (SSSR count). The summed E-state index contributed by atoms with van der Waals surface area (Å²) in [5.41, 5.74) is 2.40. The van der Waals surface area contributed by atoms with Crippen molar-refractivity contribution in [3.8, 4) is 0 Å². The van der Waals surface area contributed by atoms with Gasteiger partial charge in [-0.05, 0) is 99.2 Å². The summed E-state index contributed by atoms with van der Waals surface area (Å²) in [6.07, 6.45) is 19.2. The van der Waals surface area contributed by atoms with Gasteiger partial charge in [0.1, 0.15) is 0 Å². The van der Waals surface area contributed by atoms with Gasteiger partial charge in [0.2, 0.25) is 0 Å². The molecule has 0 amide bonds. The maximum absolute atomic E-state index is 2.63. The first-order valence-corrected chi connectivity index (χ1v) is 10.8. The van der Waals surface area contributed by atoms with Crippen molar-refractivity contribution in [2.75, 3.05) is 0 Å². The van der Waals surface area contributed by atoms with Crippen molar-refractivity contribution < 1.29 is 0 Å². The van der Waals surface area contributed by atoms with E-state index in [1.54, 1.807) is 38.5 Å². The van der Waals surface area contributed by atoms with E-state index >= 15 is 0 Å². The predicted molar refractivity (Wildman–Crippen MR) is 99.3 cm³/mol. The van der Waals surface area contributed by atoms with Crippen LogP contribution in [-0.2, 0) is 0 Å². The van der Waals surface area contributed by atoms with E-state index in [0.717, 1.165) is 35.5 Å². The summed E-state index contributed by atoms with van der Waals surface area (Å²) < 4.78 is 0. The molecule has 0 aromatic carbocycles. The first-order chi connectivity index (χ1) is 11.2. The summed E-state index contributed by atoms with van der Waals surface area (Å²) >= 11 is 0. The molecule has 7 atom stereocenters. The predicted octanol–water partition coefficient (Wildman–Crippen LogP) is 7.00. The molecule has 4 saturated carbocycles. The van der Waals surface area contributed by atoms with Gasteiger partial charge in [0.25, 0.3) is 0 Å². The highest BCUT2D eigenvalue weighted by Gasteiger charge is 2.54. The topological polar surface area (TPSA) is 0 Å². The van der Waals surface area contributed by atoms with Crippen LogP contribution in [0.5, 0.6) is 0 Å². The third kappa shape index (κ3) is 2.54. The van der Waals surface area contributed by atoms with Crippen LogP contribution in [0.3, 0.4) is 0 Å². The van der Waals surface area contributed by atoms with E-state index in [1.807, 2.05) is 5.57 Å². The average molecular weight is 315 g/mol. The van der Waals surface area contributed by atoms with Crippen LogP contribution in [-0.4, -0.2) is 0 Å². The Bertz CT molecular complexity index is 461. The molecule has 4 aliphatic carbocycles. The van der Waals surface area contributed by atoms with Crippen LogP contribution < -0.4 is 0 Å². The molecule has 0 aromatic rings. The number of allylic oxidation sites excluding steroid dienone is 2. The minimum absolute atomic E-state index is 0.585. The fraction of sp³-hybridized carbons (Fsp3) is 0.913. The van der Waals surface area contributed by atoms with Crippen molar-refractivity contribution in [1.82, 2.24) is 0 Å². The van der Waals surface area contributed by atoms with Gasteiger partial charge in [-0.25, -0.2) is 0 Å². The zero-order valence-electron chi connectivity index (χ0n) is 15.8. The molecule has 0 spiro atoms. The second kappa shape index (κ2) is 6.23. The SMILES string of the molecule is C/C=C1/CCC2C3CCC4CC(CCC)CCC4C3CCC12C. The van der Waals surface area contributed by atoms with Crippen LogP contribution in [0.4, 0.5) is 0 Å². The molecule has 0 aromatic heterocycles. The van der Waals surface area contributed by atoms with Gasteiger partial charge in [0.15, 0.2) is 0 Å². The molecular weight excluding hydrogens is 276 g/mol. The lowest BCUT2D eigenvalue weighted by atomic mass is 9.49. The molecule has 4 fully saturated rings. The van der Waals surface area contributed by atoms with Crippen LogP contribution in [0.2, 0.25) is 0 Å². The molecule has 130 valence electrons. The van der Waals surface area contributed by atoms with Crippen molar-refractivity contribution in [2.45, 2.75) is 91.4 Å². The Hall–Kier alpha value is -0.260. The Morgan fingerprint density at radius 3 is 2.61 bits per heavy atom. The molecule has 0 N–H and O–H groups in total. The standard InChI is InChI=1S/C23H38/c1-4-6-16-7-10-19-17(15-16)8-11-21-20(19)13-14-23(3)18(5-2)9-12-22(21)23/h5,16-17,19-22H,4,6-15H2,1-3H3/b18-5-. The van der Waals surface area contributed by atoms with Crippen molar-refractivity contribution in [2.24, 2.45) is 40.9 Å². The minimum Gasteiger partial charge on any atom is -0.0879 e. The van der Waals surface area contributed by atoms with Crippen molar-refractivity contribution in [3.05, 3.63) is 11.6 Å². The van der Waals surface area contributed by atoms with Crippen LogP contribution in [0.1, 0.15) is 91.4 Å². The highest BCUT2D eigenvalue weighted by Crippen LogP contribution is 2.64. The van der Waals surface area contributed by atoms with Gasteiger partial charge in [0, 0.05) is 0 Å². The third-order valence-electron chi connectivity index (χ3n) is 8.96. The molecule has 23 heavy (non-hydrogen) atoms. The zero-order chi connectivity index (χ0) is 16.0. The van der Waals surface area contributed by atoms with E-state index < -0.39 is 0 Å². The summed E-state index contributed by atoms with van der Waals surface area (Å²) in [5, 5.41) is 0. The van der Waals surface area contributed by atoms with Gasteiger partial charge in [0.05, 0.1) is 0 Å². The summed E-state index contributed by atoms with van der Waals surface area (Å²) in [5.74, 6) is 6.50. The van der Waals surface area contributed by atoms with Crippen LogP contribution >= 0.6 is 0 Å². The van der Waals surface area contributed by atoms with E-state index in [4.69, 9.17) is 0 Å². The van der Waals surface area contributed by atoms with E-state index in [9.17, 15) is 0 Å². The normalized spacial score (nSPS) is 51.2. The quantitative estimate of drug-likeness (QED) is 0.481.